The molecule has 0 spiro atoms. The van der Waals surface area contributed by atoms with E-state index in [-0.39, 0.29) is 5.91 Å². The van der Waals surface area contributed by atoms with Crippen LogP contribution in [0.4, 0.5) is 0 Å². The zero-order valence-electron chi connectivity index (χ0n) is 12.9. The highest BCUT2D eigenvalue weighted by molar-refractivity contribution is 9.10. The van der Waals surface area contributed by atoms with E-state index in [4.69, 9.17) is 0 Å². The van der Waals surface area contributed by atoms with Crippen LogP contribution in [0.3, 0.4) is 0 Å². The Balaban J connectivity index is 1.61. The molecule has 22 heavy (non-hydrogen) atoms. The highest BCUT2D eigenvalue weighted by atomic mass is 79.9. The average molecular weight is 362 g/mol. The zero-order chi connectivity index (χ0) is 15.7. The van der Waals surface area contributed by atoms with Gasteiger partial charge in [0.15, 0.2) is 0 Å². The minimum Gasteiger partial charge on any atom is -0.338 e. The molecule has 0 radical (unpaired) electrons. The Bertz CT molecular complexity index is 689. The summed E-state index contributed by atoms with van der Waals surface area (Å²) in [6.45, 7) is 6.70. The Morgan fingerprint density at radius 2 is 2.18 bits per heavy atom. The molecule has 1 aromatic carbocycles. The molecule has 0 aliphatic carbocycles. The summed E-state index contributed by atoms with van der Waals surface area (Å²) in [6, 6.07) is 5.79. The van der Waals surface area contributed by atoms with Crippen LogP contribution in [0, 0.1) is 12.8 Å². The molecular weight excluding hydrogens is 342 g/mol. The number of aryl methyl sites for hydroxylation is 1. The number of aromatic nitrogens is 2. The van der Waals surface area contributed by atoms with E-state index in [2.05, 4.69) is 32.4 Å². The van der Waals surface area contributed by atoms with E-state index in [1.54, 1.807) is 0 Å². The number of hydrogen-bond acceptors (Lipinski definition) is 2. The van der Waals surface area contributed by atoms with Crippen LogP contribution in [0.1, 0.15) is 28.7 Å². The highest BCUT2D eigenvalue weighted by Gasteiger charge is 2.32. The Morgan fingerprint density at radius 1 is 1.41 bits per heavy atom. The smallest absolute Gasteiger partial charge is 0.254 e. The second-order valence-corrected chi connectivity index (χ2v) is 6.69. The van der Waals surface area contributed by atoms with Gasteiger partial charge in [-0.25, -0.2) is 4.98 Å². The number of carbonyl (C=O) groups is 1. The number of rotatable bonds is 4. The van der Waals surface area contributed by atoms with Gasteiger partial charge in [0.05, 0.1) is 0 Å². The lowest BCUT2D eigenvalue weighted by molar-refractivity contribution is 0.0466. The van der Waals surface area contributed by atoms with Crippen molar-refractivity contribution in [3.8, 4) is 0 Å². The van der Waals surface area contributed by atoms with E-state index in [9.17, 15) is 4.79 Å². The third-order valence-electron chi connectivity index (χ3n) is 4.32. The fourth-order valence-corrected chi connectivity index (χ4v) is 3.33. The quantitative estimate of drug-likeness (QED) is 0.837. The van der Waals surface area contributed by atoms with Gasteiger partial charge in [0.2, 0.25) is 0 Å². The molecule has 2 heterocycles. The topological polar surface area (TPSA) is 38.1 Å². The molecule has 0 saturated carbocycles. The van der Waals surface area contributed by atoms with E-state index in [0.717, 1.165) is 47.5 Å². The Labute approximate surface area is 139 Å². The van der Waals surface area contributed by atoms with Gasteiger partial charge in [0, 0.05) is 54.4 Å². The molecule has 0 unspecified atom stereocenters. The molecule has 0 bridgehead atoms. The zero-order valence-corrected chi connectivity index (χ0v) is 14.5. The maximum absolute atomic E-state index is 12.6. The number of amides is 1. The van der Waals surface area contributed by atoms with Gasteiger partial charge in [-0.2, -0.15) is 0 Å². The SMILES string of the molecule is CCc1nccn1CC1CN(C(=O)c2cccc(Br)c2C)C1. The standard InChI is InChI=1S/C17H20BrN3O/c1-3-16-19-7-8-20(16)9-13-10-21(11-13)17(22)14-5-4-6-15(18)12(14)2/h4-8,13H,3,9-11H2,1-2H3. The summed E-state index contributed by atoms with van der Waals surface area (Å²) in [6.07, 6.45) is 4.83. The van der Waals surface area contributed by atoms with Crippen molar-refractivity contribution < 1.29 is 4.79 Å². The van der Waals surface area contributed by atoms with Gasteiger partial charge in [0.1, 0.15) is 5.82 Å². The minimum absolute atomic E-state index is 0.136. The van der Waals surface area contributed by atoms with Gasteiger partial charge >= 0.3 is 0 Å². The molecule has 5 heteroatoms. The largest absolute Gasteiger partial charge is 0.338 e. The number of carbonyl (C=O) groups excluding carboxylic acids is 1. The number of hydrogen-bond donors (Lipinski definition) is 0. The first-order chi connectivity index (χ1) is 10.6. The van der Waals surface area contributed by atoms with Crippen molar-refractivity contribution in [2.24, 2.45) is 5.92 Å². The van der Waals surface area contributed by atoms with Crippen molar-refractivity contribution in [1.82, 2.24) is 14.5 Å². The predicted molar refractivity (Wildman–Crippen MR) is 89.9 cm³/mol. The third kappa shape index (κ3) is 2.82. The van der Waals surface area contributed by atoms with Crippen LogP contribution in [-0.4, -0.2) is 33.4 Å². The van der Waals surface area contributed by atoms with E-state index >= 15 is 0 Å². The molecule has 3 rings (SSSR count). The predicted octanol–water partition coefficient (Wildman–Crippen LogP) is 3.29. The van der Waals surface area contributed by atoms with Crippen LogP contribution in [0.15, 0.2) is 35.1 Å². The number of benzene rings is 1. The van der Waals surface area contributed by atoms with Crippen molar-refractivity contribution in [1.29, 1.82) is 0 Å². The van der Waals surface area contributed by atoms with Crippen molar-refractivity contribution in [3.63, 3.8) is 0 Å². The maximum Gasteiger partial charge on any atom is 0.254 e. The van der Waals surface area contributed by atoms with Crippen LogP contribution >= 0.6 is 15.9 Å². The Kier molecular flexibility index (Phi) is 4.34. The van der Waals surface area contributed by atoms with Gasteiger partial charge < -0.3 is 9.47 Å². The van der Waals surface area contributed by atoms with Gasteiger partial charge in [-0.1, -0.05) is 28.9 Å². The fraction of sp³-hybridized carbons (Fsp3) is 0.412. The summed E-state index contributed by atoms with van der Waals surface area (Å²) in [7, 11) is 0. The average Bonchev–Trinajstić information content (AvgIpc) is 2.92. The Morgan fingerprint density at radius 3 is 2.91 bits per heavy atom. The van der Waals surface area contributed by atoms with E-state index in [1.165, 1.54) is 0 Å². The normalized spacial score (nSPS) is 15.0. The van der Waals surface area contributed by atoms with Crippen molar-refractivity contribution in [3.05, 3.63) is 52.0 Å². The van der Waals surface area contributed by atoms with Crippen molar-refractivity contribution in [2.75, 3.05) is 13.1 Å². The molecule has 1 aromatic heterocycles. The summed E-state index contributed by atoms with van der Waals surface area (Å²) in [5.41, 5.74) is 1.81. The summed E-state index contributed by atoms with van der Waals surface area (Å²) in [5, 5.41) is 0. The summed E-state index contributed by atoms with van der Waals surface area (Å²) in [5.74, 6) is 1.78. The second-order valence-electron chi connectivity index (χ2n) is 5.84. The molecule has 1 aliphatic rings. The minimum atomic E-state index is 0.136. The number of halogens is 1. The van der Waals surface area contributed by atoms with Crippen molar-refractivity contribution >= 4 is 21.8 Å². The van der Waals surface area contributed by atoms with Gasteiger partial charge in [-0.15, -0.1) is 0 Å². The molecule has 4 nitrogen and oxygen atoms in total. The lowest BCUT2D eigenvalue weighted by Crippen LogP contribution is -2.51. The molecule has 1 amide bonds. The summed E-state index contributed by atoms with van der Waals surface area (Å²) < 4.78 is 3.19. The molecule has 116 valence electrons. The molecule has 1 aliphatic heterocycles. The fourth-order valence-electron chi connectivity index (χ4n) is 2.96. The summed E-state index contributed by atoms with van der Waals surface area (Å²) >= 11 is 3.49. The second kappa shape index (κ2) is 6.24. The first-order valence-corrected chi connectivity index (χ1v) is 8.43. The van der Waals surface area contributed by atoms with E-state index in [1.807, 2.05) is 42.4 Å². The molecule has 1 saturated heterocycles. The van der Waals surface area contributed by atoms with E-state index in [0.29, 0.717) is 5.92 Å². The van der Waals surface area contributed by atoms with Crippen molar-refractivity contribution in [2.45, 2.75) is 26.8 Å². The third-order valence-corrected chi connectivity index (χ3v) is 5.17. The number of nitrogens with zero attached hydrogens (tertiary/aromatic N) is 3. The van der Waals surface area contributed by atoms with Crippen LogP contribution in [-0.2, 0) is 13.0 Å². The molecule has 0 atom stereocenters. The van der Waals surface area contributed by atoms with Gasteiger partial charge in [-0.3, -0.25) is 4.79 Å². The summed E-state index contributed by atoms with van der Waals surface area (Å²) in [4.78, 5) is 18.8. The van der Waals surface area contributed by atoms with Crippen LogP contribution in [0.25, 0.3) is 0 Å². The molecule has 1 fully saturated rings. The number of imidazole rings is 1. The van der Waals surface area contributed by atoms with Crippen LogP contribution in [0.5, 0.6) is 0 Å². The lowest BCUT2D eigenvalue weighted by Gasteiger charge is -2.40. The van der Waals surface area contributed by atoms with Crippen LogP contribution < -0.4 is 0 Å². The molecule has 2 aromatic rings. The Hall–Kier alpha value is -1.62. The molecule has 0 N–H and O–H groups in total. The monoisotopic (exact) mass is 361 g/mol. The number of likely N-dealkylation sites (tertiary alicyclic amines) is 1. The first-order valence-electron chi connectivity index (χ1n) is 7.64. The van der Waals surface area contributed by atoms with Gasteiger partial charge in [0.25, 0.3) is 5.91 Å². The first kappa shape index (κ1) is 15.3. The molecular formula is C17H20BrN3O. The van der Waals surface area contributed by atoms with Crippen LogP contribution in [0.2, 0.25) is 0 Å². The van der Waals surface area contributed by atoms with Gasteiger partial charge in [-0.05, 0) is 24.6 Å². The lowest BCUT2D eigenvalue weighted by atomic mass is 9.97. The van der Waals surface area contributed by atoms with E-state index < -0.39 is 0 Å². The maximum atomic E-state index is 12.6. The highest BCUT2D eigenvalue weighted by Crippen LogP contribution is 2.25.